The molecule has 3 atom stereocenters. The number of carbonyl (C=O) groups is 1. The summed E-state index contributed by atoms with van der Waals surface area (Å²) in [4.78, 5) is 12.5. The van der Waals surface area contributed by atoms with E-state index in [1.54, 1.807) is 0 Å². The van der Waals surface area contributed by atoms with E-state index in [1.807, 2.05) is 0 Å². The van der Waals surface area contributed by atoms with Crippen molar-refractivity contribution < 1.29 is 20.1 Å². The highest BCUT2D eigenvalue weighted by molar-refractivity contribution is 5.76. The van der Waals surface area contributed by atoms with Crippen molar-refractivity contribution in [1.82, 2.24) is 5.32 Å². The van der Waals surface area contributed by atoms with Crippen molar-refractivity contribution >= 4 is 5.91 Å². The lowest BCUT2D eigenvalue weighted by Gasteiger charge is -2.26. The summed E-state index contributed by atoms with van der Waals surface area (Å²) in [6.45, 7) is 4.18. The Morgan fingerprint density at radius 3 is 1.00 bits per heavy atom. The van der Waals surface area contributed by atoms with Gasteiger partial charge in [-0.25, -0.2) is 0 Å². The Balaban J connectivity index is 3.52. The lowest BCUT2D eigenvalue weighted by Crippen LogP contribution is -2.50. The van der Waals surface area contributed by atoms with Crippen LogP contribution >= 0.6 is 0 Å². The van der Waals surface area contributed by atoms with Gasteiger partial charge in [0.15, 0.2) is 0 Å². The van der Waals surface area contributed by atoms with Crippen molar-refractivity contribution in [1.29, 1.82) is 0 Å². The second-order valence-electron chi connectivity index (χ2n) is 18.1. The van der Waals surface area contributed by atoms with Crippen LogP contribution in [-0.4, -0.2) is 46.1 Å². The standard InChI is InChI=1S/C53H103NO4/c1-3-5-7-9-11-13-15-17-19-20-21-22-23-24-25-26-27-28-29-30-31-32-33-34-36-38-40-42-44-46-48-52(57)54-50(49-55)53(58)51(56)47-45-43-41-39-37-35-18-16-14-12-10-8-6-4-2/h24-25,39,41,50-51,53,55-56,58H,3-23,26-38,40,42-49H2,1-2H3,(H,54,57)/b25-24-,41-39+. The average Bonchev–Trinajstić information content (AvgIpc) is 3.23. The molecule has 1 amide bonds. The minimum absolute atomic E-state index is 0.151. The molecule has 58 heavy (non-hydrogen) atoms. The molecule has 0 saturated carbocycles. The number of allylic oxidation sites excluding steroid dienone is 4. The predicted octanol–water partition coefficient (Wildman–Crippen LogP) is 15.7. The van der Waals surface area contributed by atoms with Gasteiger partial charge in [-0.3, -0.25) is 4.79 Å². The molecule has 0 rings (SSSR count). The fourth-order valence-corrected chi connectivity index (χ4v) is 8.22. The zero-order chi connectivity index (χ0) is 42.3. The molecule has 0 spiro atoms. The van der Waals surface area contributed by atoms with E-state index in [0.29, 0.717) is 12.8 Å². The molecule has 0 bridgehead atoms. The SMILES string of the molecule is CCCCCCCCCCC/C=C/CCCC(O)C(O)C(CO)NC(=O)CCCCCCCCCCCCCCCC/C=C\CCCCCCCCCCCCCC. The minimum atomic E-state index is -1.16. The first-order valence-electron chi connectivity index (χ1n) is 26.1. The van der Waals surface area contributed by atoms with Crippen LogP contribution in [0.3, 0.4) is 0 Å². The summed E-state index contributed by atoms with van der Waals surface area (Å²) in [7, 11) is 0. The molecule has 5 nitrogen and oxygen atoms in total. The molecule has 0 aliphatic heterocycles. The van der Waals surface area contributed by atoms with Gasteiger partial charge in [-0.15, -0.1) is 0 Å². The van der Waals surface area contributed by atoms with Crippen molar-refractivity contribution in [3.05, 3.63) is 24.3 Å². The smallest absolute Gasteiger partial charge is 0.220 e. The van der Waals surface area contributed by atoms with Crippen LogP contribution in [0.25, 0.3) is 0 Å². The number of unbranched alkanes of at least 4 members (excludes halogenated alkanes) is 36. The summed E-state index contributed by atoms with van der Waals surface area (Å²) < 4.78 is 0. The first kappa shape index (κ1) is 56.8. The minimum Gasteiger partial charge on any atom is -0.394 e. The largest absolute Gasteiger partial charge is 0.394 e. The van der Waals surface area contributed by atoms with Gasteiger partial charge < -0.3 is 20.6 Å². The Morgan fingerprint density at radius 1 is 0.414 bits per heavy atom. The molecule has 0 fully saturated rings. The fourth-order valence-electron chi connectivity index (χ4n) is 8.22. The van der Waals surface area contributed by atoms with E-state index in [1.165, 1.54) is 218 Å². The molecule has 0 aromatic carbocycles. The number of hydrogen-bond donors (Lipinski definition) is 4. The molecule has 0 heterocycles. The molecule has 4 N–H and O–H groups in total. The van der Waals surface area contributed by atoms with Gasteiger partial charge in [0, 0.05) is 6.42 Å². The summed E-state index contributed by atoms with van der Waals surface area (Å²) in [5.41, 5.74) is 0. The Hall–Kier alpha value is -1.17. The van der Waals surface area contributed by atoms with Gasteiger partial charge >= 0.3 is 0 Å². The van der Waals surface area contributed by atoms with Crippen LogP contribution in [0.15, 0.2) is 24.3 Å². The number of rotatable bonds is 48. The Morgan fingerprint density at radius 2 is 0.690 bits per heavy atom. The Kier molecular flexibility index (Phi) is 47.5. The number of amides is 1. The first-order chi connectivity index (χ1) is 28.6. The number of nitrogens with one attached hydrogen (secondary N) is 1. The van der Waals surface area contributed by atoms with E-state index in [9.17, 15) is 20.1 Å². The van der Waals surface area contributed by atoms with Crippen LogP contribution in [0, 0.1) is 0 Å². The van der Waals surface area contributed by atoms with E-state index in [4.69, 9.17) is 0 Å². The van der Waals surface area contributed by atoms with E-state index in [2.05, 4.69) is 43.5 Å². The lowest BCUT2D eigenvalue weighted by molar-refractivity contribution is -0.124. The molecule has 0 aromatic heterocycles. The van der Waals surface area contributed by atoms with E-state index in [0.717, 1.165) is 38.5 Å². The van der Waals surface area contributed by atoms with Crippen molar-refractivity contribution in [3.63, 3.8) is 0 Å². The Bertz CT molecular complexity index is 859. The van der Waals surface area contributed by atoms with Gasteiger partial charge in [-0.1, -0.05) is 237 Å². The van der Waals surface area contributed by atoms with Crippen LogP contribution in [0.2, 0.25) is 0 Å². The summed E-state index contributed by atoms with van der Waals surface area (Å²) in [5.74, 6) is -0.151. The fraction of sp³-hybridized carbons (Fsp3) is 0.906. The monoisotopic (exact) mass is 818 g/mol. The summed E-state index contributed by atoms with van der Waals surface area (Å²) >= 11 is 0. The van der Waals surface area contributed by atoms with Gasteiger partial charge in [0.05, 0.1) is 18.8 Å². The zero-order valence-corrected chi connectivity index (χ0v) is 39.2. The average molecular weight is 818 g/mol. The molecular formula is C53H103NO4. The summed E-state index contributed by atoms with van der Waals surface area (Å²) in [6.07, 6.45) is 60.4. The maximum absolute atomic E-state index is 12.5. The molecule has 5 heteroatoms. The van der Waals surface area contributed by atoms with Crippen LogP contribution in [0.4, 0.5) is 0 Å². The number of aliphatic hydroxyl groups excluding tert-OH is 3. The second kappa shape index (κ2) is 48.5. The van der Waals surface area contributed by atoms with Crippen LogP contribution < -0.4 is 5.32 Å². The zero-order valence-electron chi connectivity index (χ0n) is 39.2. The van der Waals surface area contributed by atoms with Gasteiger partial charge in [0.25, 0.3) is 0 Å². The van der Waals surface area contributed by atoms with E-state index < -0.39 is 18.2 Å². The first-order valence-corrected chi connectivity index (χ1v) is 26.1. The van der Waals surface area contributed by atoms with Gasteiger partial charge in [0.2, 0.25) is 5.91 Å². The third-order valence-electron chi connectivity index (χ3n) is 12.3. The molecule has 3 unspecified atom stereocenters. The van der Waals surface area contributed by atoms with Crippen LogP contribution in [0.5, 0.6) is 0 Å². The number of hydrogen-bond acceptors (Lipinski definition) is 4. The normalized spacial score (nSPS) is 13.5. The maximum atomic E-state index is 12.5. The maximum Gasteiger partial charge on any atom is 0.220 e. The van der Waals surface area contributed by atoms with Crippen LogP contribution in [0.1, 0.15) is 284 Å². The molecular weight excluding hydrogens is 715 g/mol. The highest BCUT2D eigenvalue weighted by Crippen LogP contribution is 2.17. The van der Waals surface area contributed by atoms with Crippen molar-refractivity contribution in [3.8, 4) is 0 Å². The topological polar surface area (TPSA) is 89.8 Å². The van der Waals surface area contributed by atoms with Crippen molar-refractivity contribution in [2.24, 2.45) is 0 Å². The second-order valence-corrected chi connectivity index (χ2v) is 18.1. The van der Waals surface area contributed by atoms with Crippen molar-refractivity contribution in [2.75, 3.05) is 6.61 Å². The quantitative estimate of drug-likeness (QED) is 0.0364. The van der Waals surface area contributed by atoms with Gasteiger partial charge in [-0.05, 0) is 64.2 Å². The number of carbonyl (C=O) groups excluding carboxylic acids is 1. The number of aliphatic hydroxyl groups is 3. The Labute approximate surface area is 362 Å². The summed E-state index contributed by atoms with van der Waals surface area (Å²) in [6, 6.07) is -0.823. The van der Waals surface area contributed by atoms with Gasteiger partial charge in [0.1, 0.15) is 6.10 Å². The molecule has 0 aromatic rings. The van der Waals surface area contributed by atoms with Crippen LogP contribution in [-0.2, 0) is 4.79 Å². The van der Waals surface area contributed by atoms with E-state index in [-0.39, 0.29) is 12.5 Å². The highest BCUT2D eigenvalue weighted by atomic mass is 16.3. The van der Waals surface area contributed by atoms with Gasteiger partial charge in [-0.2, -0.15) is 0 Å². The molecule has 0 saturated heterocycles. The predicted molar refractivity (Wildman–Crippen MR) is 255 cm³/mol. The molecule has 0 aliphatic rings. The lowest BCUT2D eigenvalue weighted by atomic mass is 10.0. The van der Waals surface area contributed by atoms with E-state index >= 15 is 0 Å². The third kappa shape index (κ3) is 42.9. The summed E-state index contributed by atoms with van der Waals surface area (Å²) in [5, 5.41) is 33.6. The molecule has 344 valence electrons. The molecule has 0 aliphatic carbocycles. The van der Waals surface area contributed by atoms with Crippen molar-refractivity contribution in [2.45, 2.75) is 302 Å². The molecule has 0 radical (unpaired) electrons. The third-order valence-corrected chi connectivity index (χ3v) is 12.3. The highest BCUT2D eigenvalue weighted by Gasteiger charge is 2.26.